The lowest BCUT2D eigenvalue weighted by Gasteiger charge is -2.25. The summed E-state index contributed by atoms with van der Waals surface area (Å²) in [6.07, 6.45) is 67.9. The lowest BCUT2D eigenvalue weighted by atomic mass is 10.0. The third-order valence-electron chi connectivity index (χ3n) is 11.3. The van der Waals surface area contributed by atoms with Gasteiger partial charge in [-0.05, 0) is 70.6 Å². The van der Waals surface area contributed by atoms with Crippen LogP contribution in [0.25, 0.3) is 0 Å². The predicted octanol–water partition coefficient (Wildman–Crippen LogP) is 15.9. The number of aliphatic hydroxyl groups excluding tert-OH is 1. The summed E-state index contributed by atoms with van der Waals surface area (Å²) in [5, 5.41) is 13.9. The van der Waals surface area contributed by atoms with Crippen LogP contribution in [0, 0.1) is 0 Å². The van der Waals surface area contributed by atoms with E-state index in [1.54, 1.807) is 6.08 Å². The van der Waals surface area contributed by atoms with Gasteiger partial charge in [0, 0.05) is 6.42 Å². The molecule has 0 spiro atoms. The number of hydrogen-bond acceptors (Lipinski definition) is 5. The molecule has 0 saturated carbocycles. The molecule has 0 aromatic heterocycles. The second-order valence-electron chi connectivity index (χ2n) is 18.9. The lowest BCUT2D eigenvalue weighted by Crippen LogP contribution is -2.45. The van der Waals surface area contributed by atoms with Crippen molar-refractivity contribution in [2.45, 2.75) is 219 Å². The minimum Gasteiger partial charge on any atom is -0.387 e. The zero-order valence-electron chi connectivity index (χ0n) is 43.1. The topological polar surface area (TPSA) is 105 Å². The Hall–Kier alpha value is -2.58. The Morgan fingerprint density at radius 1 is 0.530 bits per heavy atom. The summed E-state index contributed by atoms with van der Waals surface area (Å²) in [6.45, 7) is 4.66. The smallest absolute Gasteiger partial charge is 0.387 e. The average Bonchev–Trinajstić information content (AvgIpc) is 3.28. The van der Waals surface area contributed by atoms with Gasteiger partial charge in [-0.1, -0.05) is 227 Å². The Bertz CT molecular complexity index is 1390. The SMILES string of the molecule is CC/C=C\C/C=C\C/C=C\C/C=C\C/C=C\C/C=C\C/C=C\CCCC(=O)NC(COP(=O)(O)OCC[N+](C)(C)C)C(O)/C=C/CCCCCCCCCCCCCCCCCCCCC. The molecule has 9 heteroatoms. The summed E-state index contributed by atoms with van der Waals surface area (Å²) in [6, 6.07) is -0.884. The van der Waals surface area contributed by atoms with E-state index in [2.05, 4.69) is 104 Å². The molecule has 0 aromatic carbocycles. The van der Waals surface area contributed by atoms with Crippen molar-refractivity contribution >= 4 is 13.7 Å². The summed E-state index contributed by atoms with van der Waals surface area (Å²) in [7, 11) is 1.52. The van der Waals surface area contributed by atoms with Gasteiger partial charge in [0.05, 0.1) is 39.9 Å². The van der Waals surface area contributed by atoms with Crippen LogP contribution in [0.1, 0.15) is 206 Å². The maximum Gasteiger partial charge on any atom is 0.472 e. The zero-order chi connectivity index (χ0) is 48.5. The molecule has 0 radical (unpaired) electrons. The molecule has 3 atom stereocenters. The van der Waals surface area contributed by atoms with Gasteiger partial charge in [-0.3, -0.25) is 13.8 Å². The quantitative estimate of drug-likeness (QED) is 0.0243. The van der Waals surface area contributed by atoms with Gasteiger partial charge in [0.25, 0.3) is 0 Å². The number of hydrogen-bond donors (Lipinski definition) is 3. The molecule has 0 saturated heterocycles. The number of nitrogens with zero attached hydrogens (tertiary/aromatic N) is 1. The molecule has 0 fully saturated rings. The number of rotatable bonds is 47. The standard InChI is InChI=1S/C57H101N2O6P/c1-6-8-10-12-14-16-18-20-22-24-26-28-29-31-33-35-37-39-41-43-45-47-49-51-57(61)58-55(54-65-66(62,63)64-53-52-59(3,4)5)56(60)50-48-46-44-42-40-38-36-34-32-30-27-25-23-21-19-17-15-13-11-9-7-2/h8,10,14,16,20,22,26,28,31,33,37,39,43,45,48,50,55-56,60H,6-7,9,11-13,15,17-19,21,23-25,27,29-30,32,34-36,38,40-42,44,46-47,49,51-54H2,1-5H3,(H-,58,61,62,63)/p+1/b10-8-,16-14-,22-20-,28-26-,33-31-,39-37-,45-43-,50-48+. The molecule has 0 bridgehead atoms. The number of amides is 1. The van der Waals surface area contributed by atoms with E-state index in [9.17, 15) is 19.4 Å². The van der Waals surface area contributed by atoms with Crippen molar-refractivity contribution in [2.75, 3.05) is 40.9 Å². The number of phosphoric acid groups is 1. The van der Waals surface area contributed by atoms with E-state index in [1.165, 1.54) is 109 Å². The summed E-state index contributed by atoms with van der Waals surface area (Å²) < 4.78 is 23.6. The largest absolute Gasteiger partial charge is 0.472 e. The molecule has 0 heterocycles. The zero-order valence-corrected chi connectivity index (χ0v) is 44.0. The van der Waals surface area contributed by atoms with Gasteiger partial charge in [-0.15, -0.1) is 0 Å². The fourth-order valence-corrected chi connectivity index (χ4v) is 7.88. The maximum atomic E-state index is 12.9. The molecule has 66 heavy (non-hydrogen) atoms. The van der Waals surface area contributed by atoms with Crippen LogP contribution in [0.3, 0.4) is 0 Å². The Labute approximate surface area is 407 Å². The van der Waals surface area contributed by atoms with E-state index >= 15 is 0 Å². The Morgan fingerprint density at radius 3 is 1.32 bits per heavy atom. The van der Waals surface area contributed by atoms with Gasteiger partial charge in [0.15, 0.2) is 0 Å². The maximum absolute atomic E-state index is 12.9. The van der Waals surface area contributed by atoms with Crippen LogP contribution < -0.4 is 5.32 Å². The number of likely N-dealkylation sites (N-methyl/N-ethyl adjacent to an activating group) is 1. The average molecular weight is 942 g/mol. The van der Waals surface area contributed by atoms with Crippen molar-refractivity contribution in [3.8, 4) is 0 Å². The number of aliphatic hydroxyl groups is 1. The molecular weight excluding hydrogens is 840 g/mol. The number of nitrogens with one attached hydrogen (secondary N) is 1. The van der Waals surface area contributed by atoms with E-state index in [0.29, 0.717) is 17.4 Å². The van der Waals surface area contributed by atoms with Crippen molar-refractivity contribution in [3.05, 3.63) is 97.2 Å². The van der Waals surface area contributed by atoms with Crippen molar-refractivity contribution in [3.63, 3.8) is 0 Å². The fraction of sp³-hybridized carbons (Fsp3) is 0.702. The van der Waals surface area contributed by atoms with Gasteiger partial charge in [-0.25, -0.2) is 4.57 Å². The third-order valence-corrected chi connectivity index (χ3v) is 12.3. The van der Waals surface area contributed by atoms with Crippen LogP contribution >= 0.6 is 7.82 Å². The number of quaternary nitrogens is 1. The summed E-state index contributed by atoms with van der Waals surface area (Å²) in [5.41, 5.74) is 0. The first-order valence-corrected chi connectivity index (χ1v) is 28.1. The van der Waals surface area contributed by atoms with E-state index < -0.39 is 20.0 Å². The number of carbonyl (C=O) groups excluding carboxylic acids is 1. The molecule has 0 aliphatic carbocycles. The fourth-order valence-electron chi connectivity index (χ4n) is 7.15. The van der Waals surface area contributed by atoms with Gasteiger partial charge in [0.1, 0.15) is 13.2 Å². The Balaban J connectivity index is 4.43. The summed E-state index contributed by atoms with van der Waals surface area (Å²) >= 11 is 0. The minimum atomic E-state index is -4.37. The van der Waals surface area contributed by atoms with Crippen LogP contribution in [0.2, 0.25) is 0 Å². The van der Waals surface area contributed by atoms with Crippen LogP contribution in [-0.4, -0.2) is 73.4 Å². The highest BCUT2D eigenvalue weighted by atomic mass is 31.2. The molecule has 3 unspecified atom stereocenters. The highest BCUT2D eigenvalue weighted by molar-refractivity contribution is 7.47. The minimum absolute atomic E-state index is 0.0454. The van der Waals surface area contributed by atoms with Gasteiger partial charge >= 0.3 is 7.82 Å². The molecule has 0 rings (SSSR count). The van der Waals surface area contributed by atoms with Gasteiger partial charge < -0.3 is 19.8 Å². The van der Waals surface area contributed by atoms with Crippen LogP contribution in [0.15, 0.2) is 97.2 Å². The van der Waals surface area contributed by atoms with Crippen LogP contribution in [0.4, 0.5) is 0 Å². The predicted molar refractivity (Wildman–Crippen MR) is 286 cm³/mol. The lowest BCUT2D eigenvalue weighted by molar-refractivity contribution is -0.870. The van der Waals surface area contributed by atoms with Gasteiger partial charge in [-0.2, -0.15) is 0 Å². The molecule has 0 aliphatic rings. The molecule has 8 nitrogen and oxygen atoms in total. The van der Waals surface area contributed by atoms with Crippen LogP contribution in [-0.2, 0) is 18.4 Å². The van der Waals surface area contributed by atoms with E-state index in [-0.39, 0.29) is 25.5 Å². The molecule has 0 aromatic rings. The molecule has 380 valence electrons. The van der Waals surface area contributed by atoms with E-state index in [4.69, 9.17) is 9.05 Å². The molecule has 0 aliphatic heterocycles. The van der Waals surface area contributed by atoms with Crippen molar-refractivity contribution in [1.29, 1.82) is 0 Å². The normalized spacial score (nSPS) is 14.8. The molecule has 1 amide bonds. The monoisotopic (exact) mass is 942 g/mol. The molecule has 3 N–H and O–H groups in total. The Kier molecular flexibility index (Phi) is 45.6. The van der Waals surface area contributed by atoms with Crippen molar-refractivity contribution < 1.29 is 32.9 Å². The third kappa shape index (κ3) is 49.3. The molecular formula is C57H102N2O6P+. The summed E-state index contributed by atoms with van der Waals surface area (Å²) in [4.78, 5) is 23.2. The summed E-state index contributed by atoms with van der Waals surface area (Å²) in [5.74, 6) is -0.237. The second kappa shape index (κ2) is 47.5. The first-order valence-electron chi connectivity index (χ1n) is 26.6. The number of unbranched alkanes of at least 4 members (excludes halogenated alkanes) is 20. The number of phosphoric ester groups is 1. The number of carbonyl (C=O) groups is 1. The number of allylic oxidation sites excluding steroid dienone is 15. The highest BCUT2D eigenvalue weighted by Crippen LogP contribution is 2.43. The van der Waals surface area contributed by atoms with Gasteiger partial charge in [0.2, 0.25) is 5.91 Å². The first kappa shape index (κ1) is 63.4. The second-order valence-corrected chi connectivity index (χ2v) is 20.3. The van der Waals surface area contributed by atoms with Crippen LogP contribution in [0.5, 0.6) is 0 Å². The van der Waals surface area contributed by atoms with Crippen molar-refractivity contribution in [2.24, 2.45) is 0 Å². The van der Waals surface area contributed by atoms with E-state index in [1.807, 2.05) is 27.2 Å². The first-order chi connectivity index (χ1) is 32.0. The Morgan fingerprint density at radius 2 is 0.909 bits per heavy atom. The van der Waals surface area contributed by atoms with E-state index in [0.717, 1.165) is 70.6 Å². The van der Waals surface area contributed by atoms with Crippen molar-refractivity contribution in [1.82, 2.24) is 5.32 Å². The highest BCUT2D eigenvalue weighted by Gasteiger charge is 2.27.